The average molecular weight is 622 g/mol. The van der Waals surface area contributed by atoms with Crippen LogP contribution >= 0.6 is 0 Å². The minimum absolute atomic E-state index is 0.00155. The second-order valence-electron chi connectivity index (χ2n) is 10.8. The molecule has 4 N–H and O–H groups in total. The van der Waals surface area contributed by atoms with Crippen LogP contribution in [0.25, 0.3) is 0 Å². The van der Waals surface area contributed by atoms with E-state index >= 15 is 0 Å². The summed E-state index contributed by atoms with van der Waals surface area (Å²) in [7, 11) is 0. The lowest BCUT2D eigenvalue weighted by atomic mass is 10.0. The van der Waals surface area contributed by atoms with Gasteiger partial charge < -0.3 is 21.1 Å². The molecule has 0 radical (unpaired) electrons. The maximum absolute atomic E-state index is 13.5. The molecule has 11 heteroatoms. The standard InChI is InChI=1S/C34H38F3N5O3/c1-2-3-17-39-33(45)30-20-29(41-42(30)23-25-13-8-5-9-14-25)32(44)40-28(19-24-11-6-4-7-12-24)31(43)22-38-21-26-15-10-16-27(18-26)34(35,36)37/h4-16,18,20,28,31,38,43H,2-3,17,19,21-23H2,1H3,(H,39,45)(H,40,44)/t28-,31+/m0/s1. The van der Waals surface area contributed by atoms with E-state index in [0.29, 0.717) is 12.1 Å². The molecule has 2 amide bonds. The van der Waals surface area contributed by atoms with E-state index in [0.717, 1.165) is 36.1 Å². The number of alkyl halides is 3. The molecule has 45 heavy (non-hydrogen) atoms. The molecular weight excluding hydrogens is 583 g/mol. The maximum Gasteiger partial charge on any atom is 0.416 e. The van der Waals surface area contributed by atoms with Gasteiger partial charge in [-0.2, -0.15) is 18.3 Å². The minimum atomic E-state index is -4.45. The molecule has 0 fully saturated rings. The van der Waals surface area contributed by atoms with E-state index in [2.05, 4.69) is 21.0 Å². The van der Waals surface area contributed by atoms with Crippen molar-refractivity contribution in [3.05, 3.63) is 125 Å². The molecule has 0 unspecified atom stereocenters. The average Bonchev–Trinajstić information content (AvgIpc) is 3.45. The number of unbranched alkanes of at least 4 members (excludes halogenated alkanes) is 1. The fourth-order valence-corrected chi connectivity index (χ4v) is 4.81. The van der Waals surface area contributed by atoms with Crippen molar-refractivity contribution in [2.75, 3.05) is 13.1 Å². The lowest BCUT2D eigenvalue weighted by Gasteiger charge is -2.24. The summed E-state index contributed by atoms with van der Waals surface area (Å²) in [5.41, 5.74) is 1.69. The molecule has 1 aromatic heterocycles. The zero-order valence-electron chi connectivity index (χ0n) is 25.1. The number of nitrogens with zero attached hydrogens (tertiary/aromatic N) is 2. The van der Waals surface area contributed by atoms with Crippen molar-refractivity contribution < 1.29 is 27.9 Å². The number of hydrogen-bond donors (Lipinski definition) is 4. The zero-order chi connectivity index (χ0) is 32.2. The highest BCUT2D eigenvalue weighted by atomic mass is 19.4. The second kappa shape index (κ2) is 16.0. The van der Waals surface area contributed by atoms with Crippen molar-refractivity contribution >= 4 is 11.8 Å². The summed E-state index contributed by atoms with van der Waals surface area (Å²) in [6.07, 6.45) is -3.54. The molecule has 0 aliphatic rings. The van der Waals surface area contributed by atoms with Crippen molar-refractivity contribution in [2.24, 2.45) is 0 Å². The number of benzene rings is 3. The topological polar surface area (TPSA) is 108 Å². The van der Waals surface area contributed by atoms with Gasteiger partial charge in [0.2, 0.25) is 0 Å². The monoisotopic (exact) mass is 621 g/mol. The van der Waals surface area contributed by atoms with Gasteiger partial charge in [-0.1, -0.05) is 92.2 Å². The van der Waals surface area contributed by atoms with Crippen LogP contribution in [-0.2, 0) is 25.7 Å². The molecule has 3 aromatic carbocycles. The molecule has 238 valence electrons. The van der Waals surface area contributed by atoms with Gasteiger partial charge in [0, 0.05) is 25.7 Å². The van der Waals surface area contributed by atoms with Crippen LogP contribution in [0.5, 0.6) is 0 Å². The second-order valence-corrected chi connectivity index (χ2v) is 10.8. The molecule has 0 spiro atoms. The highest BCUT2D eigenvalue weighted by Crippen LogP contribution is 2.29. The quantitative estimate of drug-likeness (QED) is 0.140. The smallest absolute Gasteiger partial charge is 0.390 e. The van der Waals surface area contributed by atoms with Crippen LogP contribution in [0.1, 0.15) is 63.0 Å². The number of aliphatic hydroxyl groups is 1. The number of aliphatic hydroxyl groups excluding tert-OH is 1. The number of hydrogen-bond acceptors (Lipinski definition) is 5. The summed E-state index contributed by atoms with van der Waals surface area (Å²) < 4.78 is 40.8. The van der Waals surface area contributed by atoms with Gasteiger partial charge in [0.25, 0.3) is 11.8 Å². The Bertz CT molecular complexity index is 1530. The van der Waals surface area contributed by atoms with Crippen molar-refractivity contribution in [2.45, 2.75) is 57.6 Å². The third-order valence-corrected chi connectivity index (χ3v) is 7.25. The predicted octanol–water partition coefficient (Wildman–Crippen LogP) is 4.97. The lowest BCUT2D eigenvalue weighted by molar-refractivity contribution is -0.137. The number of nitrogens with one attached hydrogen (secondary N) is 3. The summed E-state index contributed by atoms with van der Waals surface area (Å²) in [6, 6.07) is 24.4. The maximum atomic E-state index is 13.5. The highest BCUT2D eigenvalue weighted by molar-refractivity contribution is 5.98. The summed E-state index contributed by atoms with van der Waals surface area (Å²) in [4.78, 5) is 26.6. The van der Waals surface area contributed by atoms with E-state index < -0.39 is 29.8 Å². The first-order chi connectivity index (χ1) is 21.6. The molecule has 8 nitrogen and oxygen atoms in total. The molecular formula is C34H38F3N5O3. The van der Waals surface area contributed by atoms with Gasteiger partial charge in [-0.05, 0) is 35.6 Å². The van der Waals surface area contributed by atoms with Gasteiger partial charge in [-0.3, -0.25) is 14.3 Å². The lowest BCUT2D eigenvalue weighted by Crippen LogP contribution is -2.48. The number of carbonyl (C=O) groups is 2. The molecule has 1 heterocycles. The fraction of sp³-hybridized carbons (Fsp3) is 0.324. The predicted molar refractivity (Wildman–Crippen MR) is 166 cm³/mol. The molecule has 0 aliphatic heterocycles. The van der Waals surface area contributed by atoms with E-state index in [-0.39, 0.29) is 43.4 Å². The number of carbonyl (C=O) groups excluding carboxylic acids is 2. The number of amides is 2. The Labute approximate surface area is 260 Å². The van der Waals surface area contributed by atoms with Gasteiger partial charge >= 0.3 is 6.18 Å². The van der Waals surface area contributed by atoms with Crippen molar-refractivity contribution in [3.63, 3.8) is 0 Å². The molecule has 2 atom stereocenters. The fourth-order valence-electron chi connectivity index (χ4n) is 4.81. The zero-order valence-corrected chi connectivity index (χ0v) is 25.1. The van der Waals surface area contributed by atoms with Gasteiger partial charge in [0.15, 0.2) is 5.69 Å². The Morgan fingerprint density at radius 2 is 1.56 bits per heavy atom. The van der Waals surface area contributed by atoms with Gasteiger partial charge in [-0.25, -0.2) is 0 Å². The third kappa shape index (κ3) is 10.0. The first-order valence-corrected chi connectivity index (χ1v) is 14.9. The van der Waals surface area contributed by atoms with Crippen molar-refractivity contribution in [1.29, 1.82) is 0 Å². The Hall–Kier alpha value is -4.48. The van der Waals surface area contributed by atoms with Gasteiger partial charge in [0.1, 0.15) is 5.69 Å². The number of aromatic nitrogens is 2. The van der Waals surface area contributed by atoms with Crippen molar-refractivity contribution in [1.82, 2.24) is 25.7 Å². The Kier molecular flexibility index (Phi) is 11.9. The normalized spacial score (nSPS) is 12.8. The van der Waals surface area contributed by atoms with E-state index in [1.165, 1.54) is 16.8 Å². The van der Waals surface area contributed by atoms with Crippen LogP contribution in [0.15, 0.2) is 91.0 Å². The SMILES string of the molecule is CCCCNC(=O)c1cc(C(=O)N[C@@H](Cc2ccccc2)[C@H](O)CNCc2cccc(C(F)(F)F)c2)nn1Cc1ccccc1. The van der Waals surface area contributed by atoms with E-state index in [1.54, 1.807) is 6.07 Å². The Balaban J connectivity index is 1.50. The van der Waals surface area contributed by atoms with E-state index in [9.17, 15) is 27.9 Å². The first-order valence-electron chi connectivity index (χ1n) is 14.9. The first kappa shape index (κ1) is 33.4. The van der Waals surface area contributed by atoms with Crippen LogP contribution in [0.2, 0.25) is 0 Å². The number of rotatable bonds is 15. The largest absolute Gasteiger partial charge is 0.416 e. The molecule has 0 saturated heterocycles. The van der Waals surface area contributed by atoms with Crippen molar-refractivity contribution in [3.8, 4) is 0 Å². The molecule has 0 aliphatic carbocycles. The van der Waals surface area contributed by atoms with Crippen LogP contribution < -0.4 is 16.0 Å². The third-order valence-electron chi connectivity index (χ3n) is 7.25. The summed E-state index contributed by atoms with van der Waals surface area (Å²) >= 11 is 0. The molecule has 0 bridgehead atoms. The van der Waals surface area contributed by atoms with Gasteiger partial charge in [-0.15, -0.1) is 0 Å². The molecule has 4 aromatic rings. The highest BCUT2D eigenvalue weighted by Gasteiger charge is 2.30. The van der Waals surface area contributed by atoms with E-state index in [4.69, 9.17) is 0 Å². The van der Waals surface area contributed by atoms with E-state index in [1.807, 2.05) is 67.6 Å². The van der Waals surface area contributed by atoms with Crippen LogP contribution in [0.3, 0.4) is 0 Å². The number of halogens is 3. The molecule has 0 saturated carbocycles. The summed E-state index contributed by atoms with van der Waals surface area (Å²) in [5, 5.41) is 24.3. The molecule has 4 rings (SSSR count). The Morgan fingerprint density at radius 3 is 2.22 bits per heavy atom. The van der Waals surface area contributed by atoms with Crippen LogP contribution in [0.4, 0.5) is 13.2 Å². The van der Waals surface area contributed by atoms with Gasteiger partial charge in [0.05, 0.1) is 24.3 Å². The Morgan fingerprint density at radius 1 is 0.889 bits per heavy atom. The summed E-state index contributed by atoms with van der Waals surface area (Å²) in [5.74, 6) is -0.909. The van der Waals surface area contributed by atoms with Crippen LogP contribution in [-0.4, -0.2) is 51.9 Å². The minimum Gasteiger partial charge on any atom is -0.390 e. The summed E-state index contributed by atoms with van der Waals surface area (Å²) in [6.45, 7) is 2.89. The van der Waals surface area contributed by atoms with Crippen LogP contribution in [0, 0.1) is 0 Å².